The fraction of sp³-hybridized carbons (Fsp3) is 0.286. The zero-order valence-corrected chi connectivity index (χ0v) is 17.9. The summed E-state index contributed by atoms with van der Waals surface area (Å²) in [7, 11) is 1.20. The van der Waals surface area contributed by atoms with E-state index in [1.54, 1.807) is 12.1 Å². The van der Waals surface area contributed by atoms with Crippen LogP contribution in [-0.4, -0.2) is 37.0 Å². The summed E-state index contributed by atoms with van der Waals surface area (Å²) in [5.74, 6) is -2.09. The van der Waals surface area contributed by atoms with Gasteiger partial charge in [0.05, 0.1) is 7.11 Å². The molecule has 0 radical (unpaired) electrons. The molecule has 2 aromatic carbocycles. The van der Waals surface area contributed by atoms with E-state index in [4.69, 9.17) is 27.9 Å². The summed E-state index contributed by atoms with van der Waals surface area (Å²) in [4.78, 5) is 36.7. The van der Waals surface area contributed by atoms with E-state index in [9.17, 15) is 18.8 Å². The van der Waals surface area contributed by atoms with Crippen molar-refractivity contribution in [2.24, 2.45) is 0 Å². The third kappa shape index (κ3) is 7.00. The summed E-state index contributed by atoms with van der Waals surface area (Å²) in [6.45, 7) is 1.27. The number of carbonyl (C=O) groups excluding carboxylic acids is 3. The van der Waals surface area contributed by atoms with Crippen LogP contribution in [0.4, 0.5) is 4.39 Å². The number of nitrogens with one attached hydrogen (secondary N) is 2. The maximum Gasteiger partial charge on any atom is 0.328 e. The molecule has 0 spiro atoms. The molecule has 2 N–H and O–H groups in total. The first-order valence-corrected chi connectivity index (χ1v) is 9.79. The standard InChI is InChI=1S/C21H21Cl2FN2O4/c1-12(27)25-18(9-13-3-7-16(24)8-4-13)20(28)26-19(21(29)30-2)10-14-5-6-15(22)11-17(14)23/h3-8,11,18-19H,9-10H2,1-2H3,(H,25,27)(H,26,28)/t18-,19-/m1/s1. The van der Waals surface area contributed by atoms with Gasteiger partial charge >= 0.3 is 5.97 Å². The van der Waals surface area contributed by atoms with Crippen LogP contribution in [0.1, 0.15) is 18.1 Å². The lowest BCUT2D eigenvalue weighted by atomic mass is 10.0. The van der Waals surface area contributed by atoms with Gasteiger partial charge in [0, 0.05) is 29.8 Å². The van der Waals surface area contributed by atoms with Crippen LogP contribution in [-0.2, 0) is 32.0 Å². The molecule has 2 amide bonds. The van der Waals surface area contributed by atoms with Crippen molar-refractivity contribution in [3.8, 4) is 0 Å². The van der Waals surface area contributed by atoms with E-state index in [1.807, 2.05) is 0 Å². The number of ether oxygens (including phenoxy) is 1. The van der Waals surface area contributed by atoms with Crippen LogP contribution >= 0.6 is 23.2 Å². The van der Waals surface area contributed by atoms with Gasteiger partial charge in [-0.3, -0.25) is 9.59 Å². The molecule has 0 aromatic heterocycles. The molecule has 2 atom stereocenters. The molecule has 0 aliphatic heterocycles. The predicted octanol–water partition coefficient (Wildman–Crippen LogP) is 3.08. The smallest absolute Gasteiger partial charge is 0.328 e. The lowest BCUT2D eigenvalue weighted by Crippen LogP contribution is -2.53. The Morgan fingerprint density at radius 1 is 1.00 bits per heavy atom. The molecule has 6 nitrogen and oxygen atoms in total. The number of methoxy groups -OCH3 is 1. The zero-order chi connectivity index (χ0) is 22.3. The maximum atomic E-state index is 13.1. The van der Waals surface area contributed by atoms with E-state index in [0.29, 0.717) is 21.2 Å². The molecule has 0 bridgehead atoms. The molecule has 0 heterocycles. The van der Waals surface area contributed by atoms with E-state index < -0.39 is 35.7 Å². The van der Waals surface area contributed by atoms with Gasteiger partial charge in [-0.05, 0) is 35.4 Å². The second-order valence-electron chi connectivity index (χ2n) is 6.61. The lowest BCUT2D eigenvalue weighted by Gasteiger charge is -2.22. The second-order valence-corrected chi connectivity index (χ2v) is 7.45. The van der Waals surface area contributed by atoms with Gasteiger partial charge in [-0.2, -0.15) is 0 Å². The van der Waals surface area contributed by atoms with Crippen LogP contribution < -0.4 is 10.6 Å². The van der Waals surface area contributed by atoms with Gasteiger partial charge in [-0.1, -0.05) is 41.4 Å². The van der Waals surface area contributed by atoms with Crippen molar-refractivity contribution in [3.63, 3.8) is 0 Å². The Labute approximate surface area is 183 Å². The number of hydrogen-bond acceptors (Lipinski definition) is 4. The molecular formula is C21H21Cl2FN2O4. The highest BCUT2D eigenvalue weighted by Crippen LogP contribution is 2.22. The average molecular weight is 455 g/mol. The first-order valence-electron chi connectivity index (χ1n) is 9.03. The van der Waals surface area contributed by atoms with Crippen LogP contribution in [0.3, 0.4) is 0 Å². The Balaban J connectivity index is 2.19. The number of amides is 2. The van der Waals surface area contributed by atoms with Crippen molar-refractivity contribution >= 4 is 41.0 Å². The Kier molecular flexibility index (Phi) is 8.62. The summed E-state index contributed by atoms with van der Waals surface area (Å²) < 4.78 is 17.9. The number of carbonyl (C=O) groups is 3. The van der Waals surface area contributed by atoms with Crippen LogP contribution in [0.25, 0.3) is 0 Å². The molecule has 2 aromatic rings. The summed E-state index contributed by atoms with van der Waals surface area (Å²) in [6.07, 6.45) is 0.180. The highest BCUT2D eigenvalue weighted by molar-refractivity contribution is 6.35. The largest absolute Gasteiger partial charge is 0.467 e. The van der Waals surface area contributed by atoms with Crippen LogP contribution in [0.5, 0.6) is 0 Å². The van der Waals surface area contributed by atoms with Gasteiger partial charge in [-0.15, -0.1) is 0 Å². The average Bonchev–Trinajstić information content (AvgIpc) is 2.69. The predicted molar refractivity (Wildman–Crippen MR) is 112 cm³/mol. The fourth-order valence-corrected chi connectivity index (χ4v) is 3.31. The van der Waals surface area contributed by atoms with Crippen LogP contribution in [0.2, 0.25) is 10.0 Å². The molecule has 0 aliphatic carbocycles. The summed E-state index contributed by atoms with van der Waals surface area (Å²) in [5.41, 5.74) is 1.23. The normalized spacial score (nSPS) is 12.6. The fourth-order valence-electron chi connectivity index (χ4n) is 2.83. The summed E-state index contributed by atoms with van der Waals surface area (Å²) in [6, 6.07) is 8.35. The van der Waals surface area contributed by atoms with Crippen molar-refractivity contribution < 1.29 is 23.5 Å². The van der Waals surface area contributed by atoms with Crippen LogP contribution in [0, 0.1) is 5.82 Å². The van der Waals surface area contributed by atoms with E-state index >= 15 is 0 Å². The SMILES string of the molecule is COC(=O)[C@@H](Cc1ccc(Cl)cc1Cl)NC(=O)[C@@H](Cc1ccc(F)cc1)NC(C)=O. The van der Waals surface area contributed by atoms with E-state index in [0.717, 1.165) is 0 Å². The van der Waals surface area contributed by atoms with Crippen molar-refractivity contribution in [3.05, 3.63) is 69.5 Å². The Hall–Kier alpha value is -2.64. The van der Waals surface area contributed by atoms with Gasteiger partial charge in [0.1, 0.15) is 17.9 Å². The van der Waals surface area contributed by atoms with Gasteiger partial charge in [0.25, 0.3) is 0 Å². The molecule has 2 rings (SSSR count). The first kappa shape index (κ1) is 23.6. The molecule has 0 unspecified atom stereocenters. The zero-order valence-electron chi connectivity index (χ0n) is 16.4. The highest BCUT2D eigenvalue weighted by Gasteiger charge is 2.28. The van der Waals surface area contributed by atoms with Crippen molar-refractivity contribution in [2.75, 3.05) is 7.11 Å². The van der Waals surface area contributed by atoms with Gasteiger partial charge in [0.2, 0.25) is 11.8 Å². The molecule has 30 heavy (non-hydrogen) atoms. The summed E-state index contributed by atoms with van der Waals surface area (Å²) >= 11 is 12.1. The number of hydrogen-bond donors (Lipinski definition) is 2. The van der Waals surface area contributed by atoms with Crippen molar-refractivity contribution in [1.82, 2.24) is 10.6 Å². The maximum absolute atomic E-state index is 13.1. The minimum absolute atomic E-state index is 0.0672. The second kappa shape index (κ2) is 10.9. The minimum Gasteiger partial charge on any atom is -0.467 e. The molecule has 0 saturated carbocycles. The molecule has 0 fully saturated rings. The number of halogens is 3. The number of rotatable bonds is 8. The quantitative estimate of drug-likeness (QED) is 0.600. The first-order chi connectivity index (χ1) is 14.2. The number of esters is 1. The van der Waals surface area contributed by atoms with Crippen molar-refractivity contribution in [1.29, 1.82) is 0 Å². The van der Waals surface area contributed by atoms with Crippen LogP contribution in [0.15, 0.2) is 42.5 Å². The molecule has 0 saturated heterocycles. The van der Waals surface area contributed by atoms with E-state index in [-0.39, 0.29) is 12.8 Å². The molecule has 9 heteroatoms. The van der Waals surface area contributed by atoms with Gasteiger partial charge in [0.15, 0.2) is 0 Å². The lowest BCUT2D eigenvalue weighted by molar-refractivity contribution is -0.145. The Morgan fingerprint density at radius 3 is 2.23 bits per heavy atom. The monoisotopic (exact) mass is 454 g/mol. The summed E-state index contributed by atoms with van der Waals surface area (Å²) in [5, 5.41) is 5.93. The third-order valence-electron chi connectivity index (χ3n) is 4.29. The topological polar surface area (TPSA) is 84.5 Å². The molecule has 160 valence electrons. The van der Waals surface area contributed by atoms with Gasteiger partial charge in [-0.25, -0.2) is 9.18 Å². The molecule has 0 aliphatic rings. The Bertz CT molecular complexity index is 922. The Morgan fingerprint density at radius 2 is 1.67 bits per heavy atom. The third-order valence-corrected chi connectivity index (χ3v) is 4.88. The van der Waals surface area contributed by atoms with E-state index in [1.165, 1.54) is 44.4 Å². The number of benzene rings is 2. The highest BCUT2D eigenvalue weighted by atomic mass is 35.5. The van der Waals surface area contributed by atoms with Gasteiger partial charge < -0.3 is 15.4 Å². The minimum atomic E-state index is -1.04. The van der Waals surface area contributed by atoms with Crippen molar-refractivity contribution in [2.45, 2.75) is 31.8 Å². The van der Waals surface area contributed by atoms with E-state index in [2.05, 4.69) is 10.6 Å². The molecular weight excluding hydrogens is 434 g/mol.